The van der Waals surface area contributed by atoms with E-state index in [0.29, 0.717) is 5.56 Å². The number of para-hydroxylation sites is 1. The molecule has 6 heteroatoms. The molecule has 6 nitrogen and oxygen atoms in total. The van der Waals surface area contributed by atoms with Gasteiger partial charge in [-0.15, -0.1) is 0 Å². The van der Waals surface area contributed by atoms with E-state index in [1.54, 1.807) is 24.3 Å². The molecule has 0 aromatic heterocycles. The van der Waals surface area contributed by atoms with Crippen molar-refractivity contribution in [2.45, 2.75) is 13.0 Å². The van der Waals surface area contributed by atoms with Crippen molar-refractivity contribution in [2.75, 3.05) is 6.54 Å². The van der Waals surface area contributed by atoms with Crippen LogP contribution in [0.2, 0.25) is 0 Å². The molecule has 0 aliphatic carbocycles. The number of aliphatic hydroxyl groups excluding tert-OH is 1. The third kappa shape index (κ3) is 4.50. The van der Waals surface area contributed by atoms with Gasteiger partial charge in [0.25, 0.3) is 5.69 Å². The van der Waals surface area contributed by atoms with Gasteiger partial charge < -0.3 is 10.4 Å². The van der Waals surface area contributed by atoms with Gasteiger partial charge in [-0.25, -0.2) is 0 Å². The second kappa shape index (κ2) is 8.03. The van der Waals surface area contributed by atoms with Gasteiger partial charge in [0.1, 0.15) is 0 Å². The molecule has 2 aromatic rings. The predicted molar refractivity (Wildman–Crippen MR) is 91.3 cm³/mol. The summed E-state index contributed by atoms with van der Waals surface area (Å²) in [6, 6.07) is 13.5. The fourth-order valence-electron chi connectivity index (χ4n) is 2.29. The molecule has 124 valence electrons. The van der Waals surface area contributed by atoms with Crippen molar-refractivity contribution in [2.24, 2.45) is 0 Å². The molecule has 0 fully saturated rings. The minimum Gasteiger partial charge on any atom is -0.387 e. The molecule has 0 aliphatic heterocycles. The Hall–Kier alpha value is -2.99. The number of benzene rings is 2. The minimum atomic E-state index is -0.811. The van der Waals surface area contributed by atoms with E-state index in [2.05, 4.69) is 5.32 Å². The van der Waals surface area contributed by atoms with Crippen LogP contribution in [-0.2, 0) is 4.79 Å². The van der Waals surface area contributed by atoms with Gasteiger partial charge in [-0.05, 0) is 30.2 Å². The molecule has 0 saturated carbocycles. The maximum absolute atomic E-state index is 11.8. The third-order valence-electron chi connectivity index (χ3n) is 3.56. The Labute approximate surface area is 139 Å². The molecule has 2 rings (SSSR count). The fourth-order valence-corrected chi connectivity index (χ4v) is 2.29. The van der Waals surface area contributed by atoms with E-state index in [1.807, 2.05) is 25.1 Å². The zero-order chi connectivity index (χ0) is 17.5. The zero-order valence-corrected chi connectivity index (χ0v) is 13.2. The number of rotatable bonds is 6. The van der Waals surface area contributed by atoms with Crippen molar-refractivity contribution < 1.29 is 14.8 Å². The van der Waals surface area contributed by atoms with Crippen LogP contribution < -0.4 is 5.32 Å². The summed E-state index contributed by atoms with van der Waals surface area (Å²) in [6.07, 6.45) is 1.79. The standard InChI is InChI=1S/C18H18N2O4/c1-13-6-2-4-8-15(13)17(21)12-19-18(22)11-10-14-7-3-5-9-16(14)20(23)24/h2-11,17,21H,12H2,1H3,(H,19,22)/b11-10+. The van der Waals surface area contributed by atoms with Crippen LogP contribution in [0.25, 0.3) is 6.08 Å². The molecular formula is C18H18N2O4. The number of carbonyl (C=O) groups is 1. The zero-order valence-electron chi connectivity index (χ0n) is 13.2. The van der Waals surface area contributed by atoms with Gasteiger partial charge in [-0.1, -0.05) is 36.4 Å². The van der Waals surface area contributed by atoms with Crippen molar-refractivity contribution in [1.29, 1.82) is 0 Å². The van der Waals surface area contributed by atoms with Crippen LogP contribution in [0.5, 0.6) is 0 Å². The van der Waals surface area contributed by atoms with Gasteiger partial charge in [-0.2, -0.15) is 0 Å². The molecule has 2 aromatic carbocycles. The molecule has 0 spiro atoms. The van der Waals surface area contributed by atoms with Gasteiger partial charge in [0.2, 0.25) is 5.91 Å². The average molecular weight is 326 g/mol. The van der Waals surface area contributed by atoms with Gasteiger partial charge in [-0.3, -0.25) is 14.9 Å². The lowest BCUT2D eigenvalue weighted by Crippen LogP contribution is -2.27. The number of aryl methyl sites for hydroxylation is 1. The molecule has 0 saturated heterocycles. The minimum absolute atomic E-state index is 0.0604. The molecule has 0 bridgehead atoms. The highest BCUT2D eigenvalue weighted by molar-refractivity contribution is 5.92. The van der Waals surface area contributed by atoms with E-state index in [-0.39, 0.29) is 12.2 Å². The molecule has 0 aliphatic rings. The maximum Gasteiger partial charge on any atom is 0.276 e. The Kier molecular flexibility index (Phi) is 5.81. The molecule has 24 heavy (non-hydrogen) atoms. The lowest BCUT2D eigenvalue weighted by atomic mass is 10.0. The summed E-state index contributed by atoms with van der Waals surface area (Å²) >= 11 is 0. The highest BCUT2D eigenvalue weighted by Crippen LogP contribution is 2.19. The monoisotopic (exact) mass is 326 g/mol. The SMILES string of the molecule is Cc1ccccc1C(O)CNC(=O)/C=C/c1ccccc1[N+](=O)[O-]. The van der Waals surface area contributed by atoms with Crippen molar-refractivity contribution in [3.8, 4) is 0 Å². The smallest absolute Gasteiger partial charge is 0.276 e. The number of nitrogens with zero attached hydrogens (tertiary/aromatic N) is 1. The van der Waals surface area contributed by atoms with Crippen molar-refractivity contribution >= 4 is 17.7 Å². The van der Waals surface area contributed by atoms with Crippen molar-refractivity contribution in [3.63, 3.8) is 0 Å². The molecule has 0 radical (unpaired) electrons. The molecule has 1 amide bonds. The van der Waals surface area contributed by atoms with Crippen molar-refractivity contribution in [3.05, 3.63) is 81.4 Å². The van der Waals surface area contributed by atoms with Gasteiger partial charge in [0, 0.05) is 18.7 Å². The quantitative estimate of drug-likeness (QED) is 0.485. The highest BCUT2D eigenvalue weighted by Gasteiger charge is 2.12. The number of nitro groups is 1. The van der Waals surface area contributed by atoms with E-state index in [1.165, 1.54) is 18.2 Å². The van der Waals surface area contributed by atoms with E-state index < -0.39 is 16.9 Å². The summed E-state index contributed by atoms with van der Waals surface area (Å²) in [5, 5.41) is 23.6. The first kappa shape index (κ1) is 17.4. The molecule has 2 N–H and O–H groups in total. The Morgan fingerprint density at radius 1 is 1.25 bits per heavy atom. The highest BCUT2D eigenvalue weighted by atomic mass is 16.6. The number of nitrogens with one attached hydrogen (secondary N) is 1. The largest absolute Gasteiger partial charge is 0.387 e. The Morgan fingerprint density at radius 3 is 2.62 bits per heavy atom. The number of nitro benzene ring substituents is 1. The summed E-state index contributed by atoms with van der Waals surface area (Å²) < 4.78 is 0. The van der Waals surface area contributed by atoms with E-state index in [4.69, 9.17) is 0 Å². The molecular weight excluding hydrogens is 308 g/mol. The average Bonchev–Trinajstić information content (AvgIpc) is 2.58. The molecule has 1 atom stereocenters. The van der Waals surface area contributed by atoms with E-state index >= 15 is 0 Å². The summed E-state index contributed by atoms with van der Waals surface area (Å²) in [4.78, 5) is 22.2. The number of hydrogen-bond donors (Lipinski definition) is 2. The topological polar surface area (TPSA) is 92.5 Å². The van der Waals surface area contributed by atoms with Crippen LogP contribution in [0, 0.1) is 17.0 Å². The Morgan fingerprint density at radius 2 is 1.92 bits per heavy atom. The van der Waals surface area contributed by atoms with Crippen LogP contribution in [0.4, 0.5) is 5.69 Å². The first-order chi connectivity index (χ1) is 11.5. The summed E-state index contributed by atoms with van der Waals surface area (Å²) in [5.41, 5.74) is 1.97. The predicted octanol–water partition coefficient (Wildman–Crippen LogP) is 2.77. The van der Waals surface area contributed by atoms with Gasteiger partial charge in [0.05, 0.1) is 16.6 Å². The number of aliphatic hydroxyl groups is 1. The summed E-state index contributed by atoms with van der Waals surface area (Å²) in [6.45, 7) is 1.94. The normalized spacial score (nSPS) is 12.1. The van der Waals surface area contributed by atoms with Crippen LogP contribution in [0.3, 0.4) is 0 Å². The second-order valence-electron chi connectivity index (χ2n) is 5.27. The second-order valence-corrected chi connectivity index (χ2v) is 5.27. The van der Waals surface area contributed by atoms with Crippen LogP contribution >= 0.6 is 0 Å². The number of hydrogen-bond acceptors (Lipinski definition) is 4. The lowest BCUT2D eigenvalue weighted by molar-refractivity contribution is -0.385. The first-order valence-electron chi connectivity index (χ1n) is 7.42. The lowest BCUT2D eigenvalue weighted by Gasteiger charge is -2.13. The summed E-state index contributed by atoms with van der Waals surface area (Å²) in [5.74, 6) is -0.430. The molecule has 0 heterocycles. The van der Waals surface area contributed by atoms with Crippen LogP contribution in [0.15, 0.2) is 54.6 Å². The van der Waals surface area contributed by atoms with Gasteiger partial charge >= 0.3 is 0 Å². The molecule has 1 unspecified atom stereocenters. The number of amides is 1. The summed E-state index contributed by atoms with van der Waals surface area (Å²) in [7, 11) is 0. The fraction of sp³-hybridized carbons (Fsp3) is 0.167. The van der Waals surface area contributed by atoms with E-state index in [0.717, 1.165) is 11.1 Å². The van der Waals surface area contributed by atoms with Crippen LogP contribution in [0.1, 0.15) is 22.8 Å². The van der Waals surface area contributed by atoms with Crippen LogP contribution in [-0.4, -0.2) is 22.5 Å². The Bertz CT molecular complexity index is 771. The first-order valence-corrected chi connectivity index (χ1v) is 7.42. The van der Waals surface area contributed by atoms with Crippen molar-refractivity contribution in [1.82, 2.24) is 5.32 Å². The number of carbonyl (C=O) groups excluding carboxylic acids is 1. The Balaban J connectivity index is 1.97. The van der Waals surface area contributed by atoms with E-state index in [9.17, 15) is 20.0 Å². The maximum atomic E-state index is 11.8. The third-order valence-corrected chi connectivity index (χ3v) is 3.56. The van der Waals surface area contributed by atoms with Gasteiger partial charge in [0.15, 0.2) is 0 Å².